The summed E-state index contributed by atoms with van der Waals surface area (Å²) in [6.45, 7) is 0.869. The third kappa shape index (κ3) is 1.54. The molecule has 2 rings (SSSR count). The maximum absolute atomic E-state index is 9.82. The topological polar surface area (TPSA) is 32.3 Å². The van der Waals surface area contributed by atoms with E-state index in [0.29, 0.717) is 5.92 Å². The molecule has 0 saturated heterocycles. The molecule has 0 bridgehead atoms. The lowest BCUT2D eigenvalue weighted by Gasteiger charge is -2.11. The van der Waals surface area contributed by atoms with Crippen LogP contribution in [0, 0.1) is 0 Å². The van der Waals surface area contributed by atoms with E-state index in [2.05, 4.69) is 5.32 Å². The molecule has 0 amide bonds. The summed E-state index contributed by atoms with van der Waals surface area (Å²) in [5, 5.41) is 13.7. The van der Waals surface area contributed by atoms with Gasteiger partial charge in [0.15, 0.2) is 0 Å². The molecule has 0 saturated carbocycles. The van der Waals surface area contributed by atoms with E-state index in [1.165, 1.54) is 0 Å². The number of fused-ring (bicyclic) bond motifs is 1. The quantitative estimate of drug-likeness (QED) is 0.785. The van der Waals surface area contributed by atoms with Gasteiger partial charge in [-0.1, -0.05) is 23.7 Å². The zero-order valence-electron chi connectivity index (χ0n) is 8.13. The fourth-order valence-electron chi connectivity index (χ4n) is 2.22. The standard InChI is InChI=1S/C11H14ClNO/c1-13-6-7-5-10(14)8-3-2-4-9(12)11(7)8/h2-4,7,10,13-14H,5-6H2,1H3. The summed E-state index contributed by atoms with van der Waals surface area (Å²) in [7, 11) is 1.92. The molecule has 0 fully saturated rings. The third-order valence-corrected chi connectivity index (χ3v) is 3.14. The molecule has 0 aromatic heterocycles. The Morgan fingerprint density at radius 2 is 2.36 bits per heavy atom. The summed E-state index contributed by atoms with van der Waals surface area (Å²) in [4.78, 5) is 0. The van der Waals surface area contributed by atoms with E-state index in [9.17, 15) is 5.11 Å². The molecule has 0 radical (unpaired) electrons. The SMILES string of the molecule is CNCC1CC(O)c2cccc(Cl)c21. The van der Waals surface area contributed by atoms with Crippen LogP contribution in [0.3, 0.4) is 0 Å². The van der Waals surface area contributed by atoms with Crippen LogP contribution in [0.1, 0.15) is 29.6 Å². The third-order valence-electron chi connectivity index (χ3n) is 2.81. The minimum atomic E-state index is -0.345. The second-order valence-electron chi connectivity index (χ2n) is 3.75. The van der Waals surface area contributed by atoms with Crippen molar-refractivity contribution < 1.29 is 5.11 Å². The molecule has 3 heteroatoms. The smallest absolute Gasteiger partial charge is 0.0799 e. The Bertz CT molecular complexity index is 340. The Balaban J connectivity index is 2.40. The molecule has 1 aliphatic carbocycles. The van der Waals surface area contributed by atoms with Crippen molar-refractivity contribution in [3.8, 4) is 0 Å². The average Bonchev–Trinajstić information content (AvgIpc) is 2.46. The zero-order chi connectivity index (χ0) is 10.1. The van der Waals surface area contributed by atoms with Gasteiger partial charge in [-0.2, -0.15) is 0 Å². The zero-order valence-corrected chi connectivity index (χ0v) is 8.88. The molecule has 2 nitrogen and oxygen atoms in total. The van der Waals surface area contributed by atoms with Gasteiger partial charge in [0, 0.05) is 17.5 Å². The van der Waals surface area contributed by atoms with Crippen LogP contribution in [-0.2, 0) is 0 Å². The van der Waals surface area contributed by atoms with Gasteiger partial charge in [-0.25, -0.2) is 0 Å². The molecule has 2 unspecified atom stereocenters. The van der Waals surface area contributed by atoms with Crippen molar-refractivity contribution in [1.29, 1.82) is 0 Å². The number of hydrogen-bond acceptors (Lipinski definition) is 2. The fourth-order valence-corrected chi connectivity index (χ4v) is 2.56. The molecule has 2 N–H and O–H groups in total. The van der Waals surface area contributed by atoms with Crippen molar-refractivity contribution >= 4 is 11.6 Å². The van der Waals surface area contributed by atoms with E-state index in [1.54, 1.807) is 0 Å². The van der Waals surface area contributed by atoms with E-state index >= 15 is 0 Å². The van der Waals surface area contributed by atoms with Crippen LogP contribution < -0.4 is 5.32 Å². The van der Waals surface area contributed by atoms with Gasteiger partial charge in [-0.15, -0.1) is 0 Å². The second kappa shape index (κ2) is 3.89. The van der Waals surface area contributed by atoms with Crippen LogP contribution >= 0.6 is 11.6 Å². The molecule has 1 aromatic carbocycles. The van der Waals surface area contributed by atoms with Crippen LogP contribution in [-0.4, -0.2) is 18.7 Å². The number of halogens is 1. The number of rotatable bonds is 2. The largest absolute Gasteiger partial charge is 0.388 e. The first-order chi connectivity index (χ1) is 6.74. The number of aliphatic hydroxyl groups is 1. The fraction of sp³-hybridized carbons (Fsp3) is 0.455. The van der Waals surface area contributed by atoms with Gasteiger partial charge in [0.25, 0.3) is 0 Å². The normalized spacial score (nSPS) is 25.1. The van der Waals surface area contributed by atoms with Crippen molar-refractivity contribution in [1.82, 2.24) is 5.32 Å². The summed E-state index contributed by atoms with van der Waals surface area (Å²) < 4.78 is 0. The van der Waals surface area contributed by atoms with Crippen LogP contribution in [0.5, 0.6) is 0 Å². The Kier molecular flexibility index (Phi) is 2.77. The summed E-state index contributed by atoms with van der Waals surface area (Å²) in [5.74, 6) is 0.346. The highest BCUT2D eigenvalue weighted by Gasteiger charge is 2.30. The van der Waals surface area contributed by atoms with E-state index in [-0.39, 0.29) is 6.10 Å². The molecule has 0 spiro atoms. The highest BCUT2D eigenvalue weighted by molar-refractivity contribution is 6.31. The summed E-state index contributed by atoms with van der Waals surface area (Å²) in [6, 6.07) is 5.74. The Hall–Kier alpha value is -0.570. The second-order valence-corrected chi connectivity index (χ2v) is 4.16. The lowest BCUT2D eigenvalue weighted by Crippen LogP contribution is -2.15. The van der Waals surface area contributed by atoms with Crippen molar-refractivity contribution in [3.05, 3.63) is 34.3 Å². The molecule has 14 heavy (non-hydrogen) atoms. The molecular weight excluding hydrogens is 198 g/mol. The molecule has 76 valence electrons. The van der Waals surface area contributed by atoms with Crippen LogP contribution in [0.4, 0.5) is 0 Å². The summed E-state index contributed by atoms with van der Waals surface area (Å²) in [6.07, 6.45) is 0.432. The number of nitrogens with one attached hydrogen (secondary N) is 1. The van der Waals surface area contributed by atoms with Crippen molar-refractivity contribution in [2.45, 2.75) is 18.4 Å². The summed E-state index contributed by atoms with van der Waals surface area (Å²) in [5.41, 5.74) is 2.12. The monoisotopic (exact) mass is 211 g/mol. The molecular formula is C11H14ClNO. The highest BCUT2D eigenvalue weighted by Crippen LogP contribution is 2.43. The molecule has 1 aromatic rings. The minimum absolute atomic E-state index is 0.345. The predicted molar refractivity (Wildman–Crippen MR) is 57.7 cm³/mol. The molecule has 2 atom stereocenters. The van der Waals surface area contributed by atoms with Crippen LogP contribution in [0.25, 0.3) is 0 Å². The Morgan fingerprint density at radius 1 is 1.57 bits per heavy atom. The highest BCUT2D eigenvalue weighted by atomic mass is 35.5. The van der Waals surface area contributed by atoms with Gasteiger partial charge < -0.3 is 10.4 Å². The first-order valence-electron chi connectivity index (χ1n) is 4.85. The van der Waals surface area contributed by atoms with E-state index in [1.807, 2.05) is 25.2 Å². The van der Waals surface area contributed by atoms with Gasteiger partial charge in [0.2, 0.25) is 0 Å². The summed E-state index contributed by atoms with van der Waals surface area (Å²) >= 11 is 6.13. The Labute approximate surface area is 88.9 Å². The number of aliphatic hydroxyl groups excluding tert-OH is 1. The first-order valence-corrected chi connectivity index (χ1v) is 5.22. The minimum Gasteiger partial charge on any atom is -0.388 e. The van der Waals surface area contributed by atoms with Crippen molar-refractivity contribution in [3.63, 3.8) is 0 Å². The predicted octanol–water partition coefficient (Wildman–Crippen LogP) is 2.08. The number of hydrogen-bond donors (Lipinski definition) is 2. The first kappa shape index (κ1) is 9.97. The lowest BCUT2D eigenvalue weighted by atomic mass is 10.0. The van der Waals surface area contributed by atoms with Gasteiger partial charge in [-0.05, 0) is 30.7 Å². The maximum Gasteiger partial charge on any atom is 0.0799 e. The van der Waals surface area contributed by atoms with Crippen LogP contribution in [0.2, 0.25) is 5.02 Å². The lowest BCUT2D eigenvalue weighted by molar-refractivity contribution is 0.173. The van der Waals surface area contributed by atoms with E-state index in [0.717, 1.165) is 29.1 Å². The van der Waals surface area contributed by atoms with Gasteiger partial charge in [0.05, 0.1) is 6.10 Å². The maximum atomic E-state index is 9.82. The number of likely N-dealkylation sites (N-methyl/N-ethyl adjacent to an activating group) is 1. The van der Waals surface area contributed by atoms with Gasteiger partial charge >= 0.3 is 0 Å². The van der Waals surface area contributed by atoms with Crippen molar-refractivity contribution in [2.24, 2.45) is 0 Å². The van der Waals surface area contributed by atoms with E-state index < -0.39 is 0 Å². The van der Waals surface area contributed by atoms with Crippen LogP contribution in [0.15, 0.2) is 18.2 Å². The molecule has 0 heterocycles. The van der Waals surface area contributed by atoms with Gasteiger partial charge in [-0.3, -0.25) is 0 Å². The number of benzene rings is 1. The molecule has 1 aliphatic rings. The molecule has 0 aliphatic heterocycles. The average molecular weight is 212 g/mol. The van der Waals surface area contributed by atoms with E-state index in [4.69, 9.17) is 11.6 Å². The van der Waals surface area contributed by atoms with Gasteiger partial charge in [0.1, 0.15) is 0 Å². The Morgan fingerprint density at radius 3 is 3.07 bits per heavy atom. The van der Waals surface area contributed by atoms with Crippen molar-refractivity contribution in [2.75, 3.05) is 13.6 Å².